The highest BCUT2D eigenvalue weighted by Crippen LogP contribution is 2.45. The smallest absolute Gasteiger partial charge is 0.462 e. The van der Waals surface area contributed by atoms with Crippen molar-refractivity contribution in [1.29, 1.82) is 0 Å². The van der Waals surface area contributed by atoms with Crippen molar-refractivity contribution < 1.29 is 80.2 Å². The largest absolute Gasteiger partial charge is 0.472 e. The molecule has 564 valence electrons. The normalized spacial score (nSPS) is 14.1. The Balaban J connectivity index is 5.23. The second-order valence-corrected chi connectivity index (χ2v) is 32.2. The summed E-state index contributed by atoms with van der Waals surface area (Å²) in [6.07, 6.45) is 50.0. The van der Waals surface area contributed by atoms with Gasteiger partial charge in [0.05, 0.1) is 26.4 Å². The van der Waals surface area contributed by atoms with E-state index in [0.29, 0.717) is 31.6 Å². The van der Waals surface area contributed by atoms with Crippen LogP contribution < -0.4 is 0 Å². The van der Waals surface area contributed by atoms with Gasteiger partial charge >= 0.3 is 39.5 Å². The number of aliphatic hydroxyl groups is 1. The summed E-state index contributed by atoms with van der Waals surface area (Å²) in [5, 5.41) is 10.6. The van der Waals surface area contributed by atoms with Crippen molar-refractivity contribution in [2.24, 2.45) is 23.7 Å². The zero-order chi connectivity index (χ0) is 70.3. The maximum absolute atomic E-state index is 13.1. The van der Waals surface area contributed by atoms with Gasteiger partial charge in [-0.15, -0.1) is 0 Å². The first-order valence-electron chi connectivity index (χ1n) is 39.2. The molecule has 3 unspecified atom stereocenters. The first-order valence-corrected chi connectivity index (χ1v) is 42.2. The van der Waals surface area contributed by atoms with E-state index in [2.05, 4.69) is 55.4 Å². The van der Waals surface area contributed by atoms with Crippen LogP contribution in [-0.4, -0.2) is 96.7 Å². The van der Waals surface area contributed by atoms with E-state index in [9.17, 15) is 43.2 Å². The van der Waals surface area contributed by atoms with Gasteiger partial charge in [0, 0.05) is 25.7 Å². The summed E-state index contributed by atoms with van der Waals surface area (Å²) < 4.78 is 68.5. The molecule has 0 fully saturated rings. The maximum atomic E-state index is 13.1. The van der Waals surface area contributed by atoms with E-state index in [1.54, 1.807) is 0 Å². The zero-order valence-corrected chi connectivity index (χ0v) is 64.1. The summed E-state index contributed by atoms with van der Waals surface area (Å²) in [6, 6.07) is 0. The van der Waals surface area contributed by atoms with Crippen LogP contribution in [0.5, 0.6) is 0 Å². The summed E-state index contributed by atoms with van der Waals surface area (Å²) in [5.41, 5.74) is 0. The second-order valence-electron chi connectivity index (χ2n) is 29.3. The van der Waals surface area contributed by atoms with Gasteiger partial charge in [-0.3, -0.25) is 37.3 Å². The number of phosphoric acid groups is 2. The molecule has 0 amide bonds. The van der Waals surface area contributed by atoms with E-state index in [4.69, 9.17) is 37.0 Å². The zero-order valence-electron chi connectivity index (χ0n) is 62.3. The van der Waals surface area contributed by atoms with Crippen LogP contribution in [0.15, 0.2) is 0 Å². The van der Waals surface area contributed by atoms with Crippen LogP contribution in [0.3, 0.4) is 0 Å². The minimum absolute atomic E-state index is 0.105. The predicted molar refractivity (Wildman–Crippen MR) is 386 cm³/mol. The van der Waals surface area contributed by atoms with E-state index >= 15 is 0 Å². The maximum Gasteiger partial charge on any atom is 0.472 e. The Bertz CT molecular complexity index is 1870. The lowest BCUT2D eigenvalue weighted by atomic mass is 10.0. The summed E-state index contributed by atoms with van der Waals surface area (Å²) in [5.74, 6) is 0.906. The highest BCUT2D eigenvalue weighted by atomic mass is 31.2. The number of hydrogen-bond acceptors (Lipinski definition) is 15. The number of hydrogen-bond donors (Lipinski definition) is 3. The average Bonchev–Trinajstić information content (AvgIpc) is 3.75. The molecule has 0 aliphatic carbocycles. The fourth-order valence-corrected chi connectivity index (χ4v) is 13.1. The SMILES string of the molecule is CC(C)CCCCCCCCCCCCCCCCC(=O)OC[C@H](COP(=O)(O)OCC(O)COP(=O)(O)OC[C@@H](COC(=O)CCCCCCCCCC(C)C)OC(=O)CCCCCCCCCCCCCCCC(C)C)OC(=O)CCCCCCCCCCCC(C)C. The van der Waals surface area contributed by atoms with Gasteiger partial charge in [-0.05, 0) is 49.4 Å². The molecule has 0 bridgehead atoms. The molecule has 95 heavy (non-hydrogen) atoms. The Morgan fingerprint density at radius 1 is 0.263 bits per heavy atom. The number of esters is 4. The van der Waals surface area contributed by atoms with Crippen molar-refractivity contribution in [3.8, 4) is 0 Å². The van der Waals surface area contributed by atoms with Gasteiger partial charge in [0.2, 0.25) is 0 Å². The van der Waals surface area contributed by atoms with Crippen LogP contribution in [0.2, 0.25) is 0 Å². The van der Waals surface area contributed by atoms with E-state index in [-0.39, 0.29) is 25.7 Å². The van der Waals surface area contributed by atoms with Crippen LogP contribution in [0.25, 0.3) is 0 Å². The number of carbonyl (C=O) groups excluding carboxylic acids is 4. The molecule has 0 aromatic carbocycles. The molecule has 0 aliphatic rings. The fraction of sp³-hybridized carbons (Fsp3) is 0.947. The Hall–Kier alpha value is -1.94. The number of rotatable bonds is 73. The van der Waals surface area contributed by atoms with Gasteiger partial charge in [-0.2, -0.15) is 0 Å². The number of ether oxygens (including phenoxy) is 4. The molecule has 17 nitrogen and oxygen atoms in total. The van der Waals surface area contributed by atoms with Crippen LogP contribution in [0.1, 0.15) is 383 Å². The van der Waals surface area contributed by atoms with Gasteiger partial charge in [-0.25, -0.2) is 9.13 Å². The standard InChI is InChI=1S/C76H148O17P2/c1-66(2)52-44-36-28-21-16-12-9-10-14-18-24-32-40-48-56-73(78)86-62-71(93-76(81)59-51-43-34-26-20-23-30-38-46-54-68(5)6)64-90-94(82,83)88-60-70(77)61-89-95(84,85)91-65-72(63-87-74(79)57-49-41-35-27-31-39-47-55-69(7)8)92-75(80)58-50-42-33-25-19-15-11-13-17-22-29-37-45-53-67(3)4/h66-72,77H,9-65H2,1-8H3,(H,82,83)(H,84,85)/t70?,71-,72-/m1/s1. The molecular weight excluding hydrogens is 1250 g/mol. The Labute approximate surface area is 581 Å². The van der Waals surface area contributed by atoms with Crippen molar-refractivity contribution in [3.05, 3.63) is 0 Å². The lowest BCUT2D eigenvalue weighted by molar-refractivity contribution is -0.161. The quantitative estimate of drug-likeness (QED) is 0.0222. The summed E-state index contributed by atoms with van der Waals surface area (Å²) in [7, 11) is -9.91. The molecule has 0 radical (unpaired) electrons. The Morgan fingerprint density at radius 2 is 0.442 bits per heavy atom. The molecule has 5 atom stereocenters. The number of carbonyl (C=O) groups is 4. The summed E-state index contributed by atoms with van der Waals surface area (Å²) >= 11 is 0. The van der Waals surface area contributed by atoms with Crippen molar-refractivity contribution in [3.63, 3.8) is 0 Å². The van der Waals surface area contributed by atoms with E-state index in [0.717, 1.165) is 114 Å². The van der Waals surface area contributed by atoms with Crippen molar-refractivity contribution in [2.45, 2.75) is 401 Å². The molecule has 19 heteroatoms. The highest BCUT2D eigenvalue weighted by Gasteiger charge is 2.30. The van der Waals surface area contributed by atoms with Crippen molar-refractivity contribution in [2.75, 3.05) is 39.6 Å². The minimum Gasteiger partial charge on any atom is -0.462 e. The van der Waals surface area contributed by atoms with Crippen molar-refractivity contribution >= 4 is 39.5 Å². The topological polar surface area (TPSA) is 237 Å². The van der Waals surface area contributed by atoms with Gasteiger partial charge in [-0.1, -0.05) is 331 Å². The van der Waals surface area contributed by atoms with Crippen molar-refractivity contribution in [1.82, 2.24) is 0 Å². The molecule has 0 saturated carbocycles. The van der Waals surface area contributed by atoms with Gasteiger partial charge in [0.1, 0.15) is 19.3 Å². The molecule has 0 aromatic rings. The molecule has 0 saturated heterocycles. The molecule has 0 spiro atoms. The van der Waals surface area contributed by atoms with E-state index in [1.165, 1.54) is 180 Å². The lowest BCUT2D eigenvalue weighted by Crippen LogP contribution is -2.30. The second kappa shape index (κ2) is 65.4. The monoisotopic (exact) mass is 1400 g/mol. The molecule has 0 aliphatic heterocycles. The van der Waals surface area contributed by atoms with Gasteiger partial charge < -0.3 is 33.8 Å². The van der Waals surface area contributed by atoms with Crippen LogP contribution in [0.4, 0.5) is 0 Å². The molecular formula is C76H148O17P2. The third-order valence-corrected chi connectivity index (χ3v) is 19.5. The summed E-state index contributed by atoms with van der Waals surface area (Å²) in [6.45, 7) is 14.2. The first kappa shape index (κ1) is 93.1. The lowest BCUT2D eigenvalue weighted by Gasteiger charge is -2.21. The van der Waals surface area contributed by atoms with Crippen LogP contribution in [-0.2, 0) is 65.4 Å². The molecule has 0 heterocycles. The summed E-state index contributed by atoms with van der Waals surface area (Å²) in [4.78, 5) is 72.8. The number of phosphoric ester groups is 2. The minimum atomic E-state index is -4.96. The van der Waals surface area contributed by atoms with E-state index in [1.807, 2.05) is 0 Å². The highest BCUT2D eigenvalue weighted by molar-refractivity contribution is 7.47. The average molecular weight is 1400 g/mol. The number of unbranched alkanes of at least 4 members (excludes halogenated alkanes) is 39. The number of aliphatic hydroxyl groups excluding tert-OH is 1. The first-order chi connectivity index (χ1) is 45.6. The Kier molecular flexibility index (Phi) is 64.0. The third-order valence-electron chi connectivity index (χ3n) is 17.6. The van der Waals surface area contributed by atoms with Gasteiger partial charge in [0.25, 0.3) is 0 Å². The Morgan fingerprint density at radius 3 is 0.653 bits per heavy atom. The van der Waals surface area contributed by atoms with Crippen LogP contribution >= 0.6 is 15.6 Å². The van der Waals surface area contributed by atoms with Gasteiger partial charge in [0.15, 0.2) is 12.2 Å². The molecule has 0 aromatic heterocycles. The third kappa shape index (κ3) is 70.3. The van der Waals surface area contributed by atoms with Crippen LogP contribution in [0, 0.1) is 23.7 Å². The molecule has 3 N–H and O–H groups in total. The predicted octanol–water partition coefficient (Wildman–Crippen LogP) is 22.0. The molecule has 0 rings (SSSR count). The van der Waals surface area contributed by atoms with E-state index < -0.39 is 97.5 Å². The fourth-order valence-electron chi connectivity index (χ4n) is 11.6.